The molecular weight excluding hydrogens is 533 g/mol. The van der Waals surface area contributed by atoms with E-state index < -0.39 is 11.8 Å². The van der Waals surface area contributed by atoms with Crippen LogP contribution in [-0.2, 0) is 10.5 Å². The average Bonchev–Trinajstić information content (AvgIpc) is 3.46. The molecule has 188 valence electrons. The fourth-order valence-electron chi connectivity index (χ4n) is 4.39. The van der Waals surface area contributed by atoms with Crippen LogP contribution in [0.15, 0.2) is 73.1 Å². The van der Waals surface area contributed by atoms with Gasteiger partial charge in [0.1, 0.15) is 5.69 Å². The molecule has 5 N–H and O–H groups in total. The van der Waals surface area contributed by atoms with Gasteiger partial charge in [0.25, 0.3) is 0 Å². The minimum atomic E-state index is -1.67. The number of ether oxygens (including phenoxy) is 1. The van der Waals surface area contributed by atoms with Gasteiger partial charge in [-0.15, -0.1) is 0 Å². The van der Waals surface area contributed by atoms with Crippen LogP contribution in [0, 0.1) is 0 Å². The van der Waals surface area contributed by atoms with Gasteiger partial charge in [-0.25, -0.2) is 9.78 Å². The number of aromatic amines is 1. The molecule has 0 atom stereocenters. The molecule has 2 heterocycles. The molecule has 0 saturated heterocycles. The Morgan fingerprint density at radius 1 is 1.03 bits per heavy atom. The SMILES string of the molecule is CCOC(=O)c1[nH]c2cc(Cl)ccc2c1-c1c(-c2ccccc2)ncn1C(N)(N)c1ccc(Cl)cc1Cl. The molecular formula is C27H22Cl3N5O2. The first-order chi connectivity index (χ1) is 17.7. The van der Waals surface area contributed by atoms with Crippen molar-refractivity contribution >= 4 is 51.7 Å². The molecule has 0 aliphatic rings. The molecule has 5 rings (SSSR count). The highest BCUT2D eigenvalue weighted by Crippen LogP contribution is 2.41. The first kappa shape index (κ1) is 25.3. The van der Waals surface area contributed by atoms with Gasteiger partial charge in [-0.1, -0.05) is 77.3 Å². The Balaban J connectivity index is 1.87. The van der Waals surface area contributed by atoms with E-state index >= 15 is 0 Å². The minimum absolute atomic E-state index is 0.192. The first-order valence-electron chi connectivity index (χ1n) is 11.4. The highest BCUT2D eigenvalue weighted by Gasteiger charge is 2.34. The van der Waals surface area contributed by atoms with Crippen LogP contribution in [0.5, 0.6) is 0 Å². The van der Waals surface area contributed by atoms with Crippen LogP contribution in [0.2, 0.25) is 15.1 Å². The third-order valence-corrected chi connectivity index (χ3v) is 6.84. The molecule has 10 heteroatoms. The number of benzene rings is 3. The van der Waals surface area contributed by atoms with Gasteiger partial charge in [-0.2, -0.15) is 0 Å². The number of esters is 1. The summed E-state index contributed by atoms with van der Waals surface area (Å²) in [4.78, 5) is 21.0. The number of halogens is 3. The van der Waals surface area contributed by atoms with Gasteiger partial charge in [0.05, 0.1) is 29.3 Å². The van der Waals surface area contributed by atoms with Crippen molar-refractivity contribution in [2.75, 3.05) is 6.61 Å². The predicted molar refractivity (Wildman–Crippen MR) is 148 cm³/mol. The molecule has 0 saturated carbocycles. The number of aromatic nitrogens is 3. The maximum Gasteiger partial charge on any atom is 0.355 e. The number of nitrogens with zero attached hydrogens (tertiary/aromatic N) is 2. The minimum Gasteiger partial charge on any atom is -0.461 e. The fourth-order valence-corrected chi connectivity index (χ4v) is 5.12. The summed E-state index contributed by atoms with van der Waals surface area (Å²) in [6, 6.07) is 19.7. The van der Waals surface area contributed by atoms with Crippen molar-refractivity contribution in [2.24, 2.45) is 11.5 Å². The van der Waals surface area contributed by atoms with Gasteiger partial charge >= 0.3 is 5.97 Å². The summed E-state index contributed by atoms with van der Waals surface area (Å²) < 4.78 is 6.98. The van der Waals surface area contributed by atoms with Crippen LogP contribution >= 0.6 is 34.8 Å². The Kier molecular flexibility index (Phi) is 6.74. The number of carbonyl (C=O) groups is 1. The molecule has 0 unspecified atom stereocenters. The van der Waals surface area contributed by atoms with E-state index in [1.165, 1.54) is 6.33 Å². The van der Waals surface area contributed by atoms with E-state index in [0.717, 1.165) is 5.56 Å². The molecule has 2 aromatic heterocycles. The molecule has 0 spiro atoms. The van der Waals surface area contributed by atoms with Crippen LogP contribution in [0.25, 0.3) is 33.4 Å². The zero-order chi connectivity index (χ0) is 26.3. The molecule has 0 radical (unpaired) electrons. The van der Waals surface area contributed by atoms with Crippen molar-refractivity contribution in [1.29, 1.82) is 0 Å². The monoisotopic (exact) mass is 553 g/mol. The molecule has 5 aromatic rings. The number of imidazole rings is 1. The van der Waals surface area contributed by atoms with E-state index in [0.29, 0.717) is 43.5 Å². The average molecular weight is 555 g/mol. The normalized spacial score (nSPS) is 11.7. The second-order valence-corrected chi connectivity index (χ2v) is 9.69. The molecule has 37 heavy (non-hydrogen) atoms. The number of carbonyl (C=O) groups excluding carboxylic acids is 1. The number of rotatable bonds is 6. The molecule has 0 aliphatic carbocycles. The van der Waals surface area contributed by atoms with Crippen molar-refractivity contribution in [1.82, 2.24) is 14.5 Å². The summed E-state index contributed by atoms with van der Waals surface area (Å²) in [5.74, 6) is -2.21. The number of H-pyrrole nitrogens is 1. The molecule has 7 nitrogen and oxygen atoms in total. The number of hydrogen-bond acceptors (Lipinski definition) is 5. The van der Waals surface area contributed by atoms with Crippen LogP contribution in [-0.4, -0.2) is 27.1 Å². The second-order valence-electron chi connectivity index (χ2n) is 8.41. The number of hydrogen-bond donors (Lipinski definition) is 3. The van der Waals surface area contributed by atoms with Gasteiger partial charge in [0.15, 0.2) is 5.79 Å². The van der Waals surface area contributed by atoms with Gasteiger partial charge in [0, 0.05) is 37.6 Å². The summed E-state index contributed by atoms with van der Waals surface area (Å²) >= 11 is 18.9. The third-order valence-electron chi connectivity index (χ3n) is 6.05. The number of nitrogens with two attached hydrogens (primary N) is 2. The van der Waals surface area contributed by atoms with Gasteiger partial charge in [0.2, 0.25) is 0 Å². The lowest BCUT2D eigenvalue weighted by Gasteiger charge is -2.30. The molecule has 0 fully saturated rings. The Labute approximate surface area is 227 Å². The van der Waals surface area contributed by atoms with E-state index in [4.69, 9.17) is 56.0 Å². The van der Waals surface area contributed by atoms with E-state index in [9.17, 15) is 4.79 Å². The fraction of sp³-hybridized carbons (Fsp3) is 0.111. The van der Waals surface area contributed by atoms with Crippen molar-refractivity contribution in [3.05, 3.63) is 99.4 Å². The third kappa shape index (κ3) is 4.50. The standard InChI is InChI=1S/C27H22Cl3N5O2/c1-2-37-26(36)24-22(18-10-8-17(29)13-21(18)34-24)25-23(15-6-4-3-5-7-15)33-14-35(25)27(31,32)19-11-9-16(28)12-20(19)30/h3-14,34H,2,31-32H2,1H3. The molecule has 0 amide bonds. The maximum absolute atomic E-state index is 13.2. The largest absolute Gasteiger partial charge is 0.461 e. The summed E-state index contributed by atoms with van der Waals surface area (Å²) in [7, 11) is 0. The summed E-state index contributed by atoms with van der Waals surface area (Å²) in [5.41, 5.74) is 17.2. The Hall–Kier alpha value is -3.33. The number of fused-ring (bicyclic) bond motifs is 1. The zero-order valence-corrected chi connectivity index (χ0v) is 21.9. The highest BCUT2D eigenvalue weighted by molar-refractivity contribution is 6.35. The van der Waals surface area contributed by atoms with Gasteiger partial charge < -0.3 is 9.72 Å². The lowest BCUT2D eigenvalue weighted by atomic mass is 10.00. The van der Waals surface area contributed by atoms with Crippen LogP contribution in [0.3, 0.4) is 0 Å². The maximum atomic E-state index is 13.2. The smallest absolute Gasteiger partial charge is 0.355 e. The predicted octanol–water partition coefficient (Wildman–Crippen LogP) is 6.41. The van der Waals surface area contributed by atoms with Crippen molar-refractivity contribution < 1.29 is 9.53 Å². The van der Waals surface area contributed by atoms with Gasteiger partial charge in [-0.05, 0) is 31.2 Å². The quantitative estimate of drug-likeness (QED) is 0.166. The Morgan fingerprint density at radius 3 is 2.43 bits per heavy atom. The van der Waals surface area contributed by atoms with Gasteiger partial charge in [-0.3, -0.25) is 16.0 Å². The topological polar surface area (TPSA) is 112 Å². The van der Waals surface area contributed by atoms with Crippen LogP contribution < -0.4 is 11.5 Å². The molecule has 0 aliphatic heterocycles. The first-order valence-corrected chi connectivity index (χ1v) is 12.5. The highest BCUT2D eigenvalue weighted by atomic mass is 35.5. The summed E-state index contributed by atoms with van der Waals surface area (Å²) in [5, 5.41) is 1.95. The summed E-state index contributed by atoms with van der Waals surface area (Å²) in [6.07, 6.45) is 1.53. The van der Waals surface area contributed by atoms with Crippen molar-refractivity contribution in [3.8, 4) is 22.5 Å². The molecule has 0 bridgehead atoms. The Bertz CT molecular complexity index is 1630. The lowest BCUT2D eigenvalue weighted by Crippen LogP contribution is -2.52. The van der Waals surface area contributed by atoms with Crippen molar-refractivity contribution in [2.45, 2.75) is 12.7 Å². The van der Waals surface area contributed by atoms with E-state index in [-0.39, 0.29) is 17.3 Å². The van der Waals surface area contributed by atoms with E-state index in [1.807, 2.05) is 36.4 Å². The summed E-state index contributed by atoms with van der Waals surface area (Å²) in [6.45, 7) is 1.93. The number of nitrogens with one attached hydrogen (secondary N) is 1. The van der Waals surface area contributed by atoms with Crippen LogP contribution in [0.1, 0.15) is 23.0 Å². The lowest BCUT2D eigenvalue weighted by molar-refractivity contribution is 0.0521. The second kappa shape index (κ2) is 9.85. The zero-order valence-electron chi connectivity index (χ0n) is 19.6. The van der Waals surface area contributed by atoms with Crippen molar-refractivity contribution in [3.63, 3.8) is 0 Å². The molecule has 3 aromatic carbocycles. The van der Waals surface area contributed by atoms with Crippen LogP contribution in [0.4, 0.5) is 0 Å². The van der Waals surface area contributed by atoms with E-state index in [1.54, 1.807) is 41.8 Å². The van der Waals surface area contributed by atoms with E-state index in [2.05, 4.69) is 4.98 Å². The Morgan fingerprint density at radius 2 is 1.73 bits per heavy atom.